The lowest BCUT2D eigenvalue weighted by Gasteiger charge is -2.22. The van der Waals surface area contributed by atoms with Gasteiger partial charge >= 0.3 is 0 Å². The van der Waals surface area contributed by atoms with Crippen molar-refractivity contribution in [2.75, 3.05) is 26.7 Å². The van der Waals surface area contributed by atoms with E-state index in [1.807, 2.05) is 25.1 Å². The first-order valence-electron chi connectivity index (χ1n) is 7.12. The molecule has 1 aliphatic rings. The molecule has 0 bridgehead atoms. The molecule has 1 atom stereocenters. The molecule has 1 fully saturated rings. The fourth-order valence-electron chi connectivity index (χ4n) is 2.57. The van der Waals surface area contributed by atoms with Crippen molar-refractivity contribution in [3.63, 3.8) is 0 Å². The normalized spacial score (nSPS) is 24.1. The molecule has 0 radical (unpaired) electrons. The van der Waals surface area contributed by atoms with Gasteiger partial charge in [-0.25, -0.2) is 0 Å². The highest BCUT2D eigenvalue weighted by molar-refractivity contribution is 5.97. The first-order valence-corrected chi connectivity index (χ1v) is 7.12. The van der Waals surface area contributed by atoms with Gasteiger partial charge in [0.15, 0.2) is 5.78 Å². The summed E-state index contributed by atoms with van der Waals surface area (Å²) in [6, 6.07) is 7.26. The van der Waals surface area contributed by atoms with Crippen molar-refractivity contribution in [3.8, 4) is 5.75 Å². The maximum atomic E-state index is 12.3. The second-order valence-corrected chi connectivity index (χ2v) is 5.78. The molecule has 20 heavy (non-hydrogen) atoms. The lowest BCUT2D eigenvalue weighted by atomic mass is 9.98. The van der Waals surface area contributed by atoms with E-state index in [0.29, 0.717) is 17.9 Å². The first kappa shape index (κ1) is 15.0. The van der Waals surface area contributed by atoms with Crippen LogP contribution in [-0.4, -0.2) is 48.1 Å². The molecule has 2 rings (SSSR count). The van der Waals surface area contributed by atoms with Gasteiger partial charge in [0.1, 0.15) is 5.75 Å². The highest BCUT2D eigenvalue weighted by Gasteiger charge is 2.25. The van der Waals surface area contributed by atoms with Gasteiger partial charge < -0.3 is 9.84 Å². The van der Waals surface area contributed by atoms with Gasteiger partial charge in [-0.2, -0.15) is 0 Å². The number of carbonyl (C=O) groups is 1. The van der Waals surface area contributed by atoms with E-state index in [-0.39, 0.29) is 5.78 Å². The molecule has 1 heterocycles. The molecule has 0 saturated carbocycles. The van der Waals surface area contributed by atoms with Gasteiger partial charge in [0.25, 0.3) is 0 Å². The number of rotatable bonds is 4. The van der Waals surface area contributed by atoms with Crippen LogP contribution in [0.2, 0.25) is 0 Å². The highest BCUT2D eigenvalue weighted by atomic mass is 16.5. The van der Waals surface area contributed by atoms with E-state index < -0.39 is 5.60 Å². The van der Waals surface area contributed by atoms with Crippen LogP contribution in [0.25, 0.3) is 0 Å². The van der Waals surface area contributed by atoms with Gasteiger partial charge in [0.05, 0.1) is 19.3 Å². The Balaban J connectivity index is 1.97. The molecule has 1 saturated heterocycles. The van der Waals surface area contributed by atoms with E-state index in [0.717, 1.165) is 32.4 Å². The molecule has 1 aliphatic heterocycles. The molecule has 0 aliphatic carbocycles. The van der Waals surface area contributed by atoms with Crippen molar-refractivity contribution in [2.24, 2.45) is 0 Å². The molecular formula is C16H23NO3. The van der Waals surface area contributed by atoms with E-state index in [1.165, 1.54) is 0 Å². The Hall–Kier alpha value is -1.39. The Morgan fingerprint density at radius 2 is 2.20 bits per heavy atom. The highest BCUT2D eigenvalue weighted by Crippen LogP contribution is 2.21. The van der Waals surface area contributed by atoms with Crippen molar-refractivity contribution < 1.29 is 14.6 Å². The maximum Gasteiger partial charge on any atom is 0.176 e. The molecule has 0 spiro atoms. The van der Waals surface area contributed by atoms with Crippen molar-refractivity contribution in [2.45, 2.75) is 31.8 Å². The zero-order valence-corrected chi connectivity index (χ0v) is 12.3. The van der Waals surface area contributed by atoms with E-state index in [4.69, 9.17) is 4.74 Å². The molecule has 4 heteroatoms. The second-order valence-electron chi connectivity index (χ2n) is 5.78. The summed E-state index contributed by atoms with van der Waals surface area (Å²) >= 11 is 0. The number of hydrogen-bond acceptors (Lipinski definition) is 4. The van der Waals surface area contributed by atoms with Gasteiger partial charge in [-0.3, -0.25) is 9.69 Å². The van der Waals surface area contributed by atoms with Crippen LogP contribution in [0.4, 0.5) is 0 Å². The van der Waals surface area contributed by atoms with E-state index in [2.05, 4.69) is 4.90 Å². The van der Waals surface area contributed by atoms with Crippen LogP contribution < -0.4 is 4.74 Å². The molecule has 1 aromatic carbocycles. The SMILES string of the molecule is COc1cccc(C(=O)CN2CCCC(C)(O)CC2)c1. The second kappa shape index (κ2) is 6.37. The lowest BCUT2D eigenvalue weighted by Crippen LogP contribution is -2.32. The molecule has 1 unspecified atom stereocenters. The zero-order chi connectivity index (χ0) is 14.6. The van der Waals surface area contributed by atoms with Crippen LogP contribution in [-0.2, 0) is 0 Å². The van der Waals surface area contributed by atoms with Crippen LogP contribution in [0.1, 0.15) is 36.5 Å². The number of Topliss-reactive ketones (excluding diaryl/α,β-unsaturated/α-hetero) is 1. The number of hydrogen-bond donors (Lipinski definition) is 1. The monoisotopic (exact) mass is 277 g/mol. The van der Waals surface area contributed by atoms with Crippen molar-refractivity contribution in [3.05, 3.63) is 29.8 Å². The molecule has 0 aromatic heterocycles. The summed E-state index contributed by atoms with van der Waals surface area (Å²) in [4.78, 5) is 14.4. The van der Waals surface area contributed by atoms with Gasteiger partial charge in [0, 0.05) is 12.1 Å². The summed E-state index contributed by atoms with van der Waals surface area (Å²) < 4.78 is 5.14. The molecular weight excluding hydrogens is 254 g/mol. The lowest BCUT2D eigenvalue weighted by molar-refractivity contribution is 0.0444. The Kier molecular flexibility index (Phi) is 4.78. The molecule has 4 nitrogen and oxygen atoms in total. The molecule has 110 valence electrons. The smallest absolute Gasteiger partial charge is 0.176 e. The molecule has 1 N–H and O–H groups in total. The fourth-order valence-corrected chi connectivity index (χ4v) is 2.57. The predicted octanol–water partition coefficient (Wildman–Crippen LogP) is 2.11. The maximum absolute atomic E-state index is 12.3. The third-order valence-corrected chi connectivity index (χ3v) is 3.92. The average Bonchev–Trinajstić information content (AvgIpc) is 2.60. The van der Waals surface area contributed by atoms with Crippen molar-refractivity contribution in [1.82, 2.24) is 4.90 Å². The Morgan fingerprint density at radius 1 is 1.40 bits per heavy atom. The Bertz CT molecular complexity index is 471. The number of ketones is 1. The Morgan fingerprint density at radius 3 is 2.95 bits per heavy atom. The molecule has 1 aromatic rings. The largest absolute Gasteiger partial charge is 0.497 e. The van der Waals surface area contributed by atoms with E-state index >= 15 is 0 Å². The quantitative estimate of drug-likeness (QED) is 0.856. The first-order chi connectivity index (χ1) is 9.50. The number of methoxy groups -OCH3 is 1. The van der Waals surface area contributed by atoms with Crippen LogP contribution in [0, 0.1) is 0 Å². The van der Waals surface area contributed by atoms with Crippen LogP contribution in [0.5, 0.6) is 5.75 Å². The zero-order valence-electron chi connectivity index (χ0n) is 12.3. The summed E-state index contributed by atoms with van der Waals surface area (Å²) in [6.45, 7) is 3.91. The van der Waals surface area contributed by atoms with Gasteiger partial charge in [0.2, 0.25) is 0 Å². The number of carbonyl (C=O) groups excluding carboxylic acids is 1. The standard InChI is InChI=1S/C16H23NO3/c1-16(19)7-4-9-17(10-8-16)12-15(18)13-5-3-6-14(11-13)20-2/h3,5-6,11,19H,4,7-10,12H2,1-2H3. The fraction of sp³-hybridized carbons (Fsp3) is 0.562. The topological polar surface area (TPSA) is 49.8 Å². The number of nitrogens with zero attached hydrogens (tertiary/aromatic N) is 1. The van der Waals surface area contributed by atoms with Gasteiger partial charge in [-0.15, -0.1) is 0 Å². The number of aliphatic hydroxyl groups is 1. The summed E-state index contributed by atoms with van der Waals surface area (Å²) in [6.07, 6.45) is 2.45. The summed E-state index contributed by atoms with van der Waals surface area (Å²) in [5.41, 5.74) is 0.0914. The van der Waals surface area contributed by atoms with Crippen LogP contribution in [0.15, 0.2) is 24.3 Å². The van der Waals surface area contributed by atoms with Crippen LogP contribution >= 0.6 is 0 Å². The summed E-state index contributed by atoms with van der Waals surface area (Å²) in [5.74, 6) is 0.806. The third-order valence-electron chi connectivity index (χ3n) is 3.92. The van der Waals surface area contributed by atoms with Gasteiger partial charge in [-0.05, 0) is 44.9 Å². The minimum Gasteiger partial charge on any atom is -0.497 e. The number of ether oxygens (including phenoxy) is 1. The van der Waals surface area contributed by atoms with E-state index in [1.54, 1.807) is 13.2 Å². The van der Waals surface area contributed by atoms with E-state index in [9.17, 15) is 9.90 Å². The average molecular weight is 277 g/mol. The summed E-state index contributed by atoms with van der Waals surface area (Å²) in [5, 5.41) is 10.1. The third kappa shape index (κ3) is 4.05. The van der Waals surface area contributed by atoms with Crippen molar-refractivity contribution in [1.29, 1.82) is 0 Å². The van der Waals surface area contributed by atoms with Gasteiger partial charge in [-0.1, -0.05) is 12.1 Å². The minimum atomic E-state index is -0.590. The number of benzene rings is 1. The van der Waals surface area contributed by atoms with Crippen molar-refractivity contribution >= 4 is 5.78 Å². The predicted molar refractivity (Wildman–Crippen MR) is 78.2 cm³/mol. The van der Waals surface area contributed by atoms with Crippen LogP contribution in [0.3, 0.4) is 0 Å². The minimum absolute atomic E-state index is 0.102. The Labute approximate surface area is 120 Å². The number of likely N-dealkylation sites (tertiary alicyclic amines) is 1. The molecule has 0 amide bonds. The summed E-state index contributed by atoms with van der Waals surface area (Å²) in [7, 11) is 1.60.